The van der Waals surface area contributed by atoms with Gasteiger partial charge in [-0.15, -0.1) is 11.3 Å². The molecule has 1 fully saturated rings. The third-order valence-corrected chi connectivity index (χ3v) is 7.31. The third-order valence-electron chi connectivity index (χ3n) is 5.63. The first-order valence-corrected chi connectivity index (χ1v) is 13.2. The largest absolute Gasteiger partial charge is 0.383 e. The van der Waals surface area contributed by atoms with Crippen molar-refractivity contribution in [3.05, 3.63) is 69.0 Å². The quantitative estimate of drug-likeness (QED) is 0.308. The predicted molar refractivity (Wildman–Crippen MR) is 128 cm³/mol. The standard InChI is InChI=1S/C21H24ClN5O5S2/c22-18-3-1-2-16(27-18)19(28)13-7-17(33-10-13)20(29)15-8-24-11-25-21(15)26-14-5-4-12(6-14)9-32-34(23,30)31/h1-3,7-8,10-12,14,19-20,28-29H,4-6,9H2,(H2,23,30,31)(H,24,25,26)/t12-,14+,19?,20?/m1/s1. The van der Waals surface area contributed by atoms with Gasteiger partial charge in [0.1, 0.15) is 29.5 Å². The molecule has 0 aromatic carbocycles. The van der Waals surface area contributed by atoms with Crippen LogP contribution in [-0.2, 0) is 14.5 Å². The molecule has 4 rings (SSSR count). The Morgan fingerprint density at radius 1 is 1.29 bits per heavy atom. The molecule has 1 saturated carbocycles. The minimum Gasteiger partial charge on any atom is -0.383 e. The van der Waals surface area contributed by atoms with E-state index in [9.17, 15) is 18.6 Å². The Bertz CT molecular complexity index is 1240. The van der Waals surface area contributed by atoms with Crippen LogP contribution in [0.25, 0.3) is 0 Å². The molecule has 0 bridgehead atoms. The summed E-state index contributed by atoms with van der Waals surface area (Å²) in [4.78, 5) is 13.1. The van der Waals surface area contributed by atoms with Crippen molar-refractivity contribution in [2.24, 2.45) is 11.1 Å². The maximum Gasteiger partial charge on any atom is 0.333 e. The molecular weight excluding hydrogens is 502 g/mol. The topological polar surface area (TPSA) is 161 Å². The first-order chi connectivity index (χ1) is 16.2. The van der Waals surface area contributed by atoms with Gasteiger partial charge >= 0.3 is 10.3 Å². The number of anilines is 1. The normalized spacial score (nSPS) is 20.2. The summed E-state index contributed by atoms with van der Waals surface area (Å²) in [6.07, 6.45) is 3.20. The molecule has 2 unspecified atom stereocenters. The van der Waals surface area contributed by atoms with Crippen LogP contribution in [0.5, 0.6) is 0 Å². The average molecular weight is 526 g/mol. The monoisotopic (exact) mass is 525 g/mol. The Morgan fingerprint density at radius 3 is 2.88 bits per heavy atom. The number of nitrogens with zero attached hydrogens (tertiary/aromatic N) is 3. The van der Waals surface area contributed by atoms with Crippen molar-refractivity contribution in [3.63, 3.8) is 0 Å². The molecule has 13 heteroatoms. The Kier molecular flexibility index (Phi) is 7.77. The van der Waals surface area contributed by atoms with Gasteiger partial charge < -0.3 is 15.5 Å². The maximum atomic E-state index is 11.1. The zero-order chi connectivity index (χ0) is 24.3. The van der Waals surface area contributed by atoms with Crippen LogP contribution in [0.4, 0.5) is 5.82 Å². The number of hydrogen-bond acceptors (Lipinski definition) is 10. The van der Waals surface area contributed by atoms with Crippen LogP contribution in [0.2, 0.25) is 5.15 Å². The molecule has 1 aliphatic rings. The number of aliphatic hydroxyl groups excluding tert-OH is 2. The van der Waals surface area contributed by atoms with Crippen LogP contribution in [0, 0.1) is 5.92 Å². The van der Waals surface area contributed by atoms with Crippen LogP contribution in [0.15, 0.2) is 42.2 Å². The first kappa shape index (κ1) is 24.9. The fraction of sp³-hybridized carbons (Fsp3) is 0.381. The number of aliphatic hydroxyl groups is 2. The molecule has 3 aromatic rings. The molecule has 4 atom stereocenters. The number of thiophene rings is 1. The lowest BCUT2D eigenvalue weighted by atomic mass is 10.1. The number of pyridine rings is 1. The van der Waals surface area contributed by atoms with E-state index in [1.54, 1.807) is 35.8 Å². The lowest BCUT2D eigenvalue weighted by Gasteiger charge is -2.18. The van der Waals surface area contributed by atoms with E-state index in [0.29, 0.717) is 33.9 Å². The highest BCUT2D eigenvalue weighted by molar-refractivity contribution is 7.84. The highest BCUT2D eigenvalue weighted by Gasteiger charge is 2.28. The first-order valence-electron chi connectivity index (χ1n) is 10.5. The lowest BCUT2D eigenvalue weighted by Crippen LogP contribution is -2.22. The van der Waals surface area contributed by atoms with E-state index in [-0.39, 0.29) is 23.7 Å². The molecule has 1 aliphatic carbocycles. The second-order valence-corrected chi connectivity index (χ2v) is 10.6. The van der Waals surface area contributed by atoms with Crippen LogP contribution in [-0.4, -0.2) is 46.2 Å². The van der Waals surface area contributed by atoms with Crippen molar-refractivity contribution in [2.75, 3.05) is 11.9 Å². The van der Waals surface area contributed by atoms with Gasteiger partial charge in [0.25, 0.3) is 0 Å². The van der Waals surface area contributed by atoms with Crippen molar-refractivity contribution >= 4 is 39.1 Å². The fourth-order valence-corrected chi connectivity index (χ4v) is 5.44. The molecule has 0 saturated heterocycles. The minimum atomic E-state index is -3.96. The van der Waals surface area contributed by atoms with Crippen LogP contribution in [0.1, 0.15) is 53.2 Å². The van der Waals surface area contributed by atoms with E-state index in [4.69, 9.17) is 20.9 Å². The van der Waals surface area contributed by atoms with Gasteiger partial charge in [-0.05, 0) is 54.3 Å². The highest BCUT2D eigenvalue weighted by Crippen LogP contribution is 2.35. The third kappa shape index (κ3) is 6.27. The van der Waals surface area contributed by atoms with Crippen molar-refractivity contribution < 1.29 is 22.8 Å². The maximum absolute atomic E-state index is 11.1. The summed E-state index contributed by atoms with van der Waals surface area (Å²) in [5.41, 5.74) is 1.50. The van der Waals surface area contributed by atoms with Gasteiger partial charge in [-0.3, -0.25) is 4.18 Å². The van der Waals surface area contributed by atoms with Gasteiger partial charge in [0.05, 0.1) is 12.3 Å². The molecule has 0 spiro atoms. The van der Waals surface area contributed by atoms with Gasteiger partial charge in [-0.2, -0.15) is 8.42 Å². The molecule has 5 N–H and O–H groups in total. The van der Waals surface area contributed by atoms with E-state index in [2.05, 4.69) is 20.3 Å². The number of nitrogens with two attached hydrogens (primary N) is 1. The Morgan fingerprint density at radius 2 is 2.12 bits per heavy atom. The molecule has 3 heterocycles. The smallest absolute Gasteiger partial charge is 0.333 e. The fourth-order valence-electron chi connectivity index (χ4n) is 3.96. The second kappa shape index (κ2) is 10.6. The van der Waals surface area contributed by atoms with Crippen molar-refractivity contribution in [1.82, 2.24) is 15.0 Å². The van der Waals surface area contributed by atoms with E-state index >= 15 is 0 Å². The van der Waals surface area contributed by atoms with Crippen LogP contribution >= 0.6 is 22.9 Å². The number of hydrogen-bond donors (Lipinski definition) is 4. The van der Waals surface area contributed by atoms with E-state index in [1.807, 2.05) is 0 Å². The lowest BCUT2D eigenvalue weighted by molar-refractivity contribution is 0.213. The highest BCUT2D eigenvalue weighted by atomic mass is 35.5. The van der Waals surface area contributed by atoms with Crippen molar-refractivity contribution in [3.8, 4) is 0 Å². The zero-order valence-electron chi connectivity index (χ0n) is 17.9. The summed E-state index contributed by atoms with van der Waals surface area (Å²) in [7, 11) is -3.96. The summed E-state index contributed by atoms with van der Waals surface area (Å²) >= 11 is 7.23. The summed E-state index contributed by atoms with van der Waals surface area (Å²) < 4.78 is 26.8. The predicted octanol–water partition coefficient (Wildman–Crippen LogP) is 2.55. The molecular formula is C21H24ClN5O5S2. The van der Waals surface area contributed by atoms with Gasteiger partial charge in [0.2, 0.25) is 0 Å². The van der Waals surface area contributed by atoms with Gasteiger partial charge in [-0.1, -0.05) is 17.7 Å². The molecule has 182 valence electrons. The Hall–Kier alpha value is -2.19. The van der Waals surface area contributed by atoms with E-state index in [0.717, 1.165) is 12.8 Å². The molecule has 0 radical (unpaired) electrons. The number of rotatable bonds is 9. The number of nitrogens with one attached hydrogen (secondary N) is 1. The van der Waals surface area contributed by atoms with Gasteiger partial charge in [0, 0.05) is 22.7 Å². The second-order valence-electron chi connectivity index (χ2n) is 8.10. The number of aromatic nitrogens is 3. The number of halogens is 1. The molecule has 34 heavy (non-hydrogen) atoms. The average Bonchev–Trinajstić information content (AvgIpc) is 3.47. The summed E-state index contributed by atoms with van der Waals surface area (Å²) in [5, 5.41) is 32.0. The molecule has 0 amide bonds. The van der Waals surface area contributed by atoms with Crippen LogP contribution < -0.4 is 10.5 Å². The zero-order valence-corrected chi connectivity index (χ0v) is 20.3. The Labute approximate surface area is 206 Å². The van der Waals surface area contributed by atoms with E-state index < -0.39 is 22.5 Å². The molecule has 10 nitrogen and oxygen atoms in total. The minimum absolute atomic E-state index is 0.0320. The Balaban J connectivity index is 1.45. The van der Waals surface area contributed by atoms with Crippen molar-refractivity contribution in [2.45, 2.75) is 37.5 Å². The summed E-state index contributed by atoms with van der Waals surface area (Å²) in [6.45, 7) is 0.0397. The SMILES string of the molecule is NS(=O)(=O)OC[C@@H]1CC[C@H](Nc2ncncc2C(O)c2cc(C(O)c3cccc(Cl)n3)cs2)C1. The van der Waals surface area contributed by atoms with Crippen molar-refractivity contribution in [1.29, 1.82) is 0 Å². The summed E-state index contributed by atoms with van der Waals surface area (Å²) in [5.74, 6) is 0.542. The molecule has 3 aromatic heterocycles. The summed E-state index contributed by atoms with van der Waals surface area (Å²) in [6, 6.07) is 6.77. The van der Waals surface area contributed by atoms with E-state index in [1.165, 1.54) is 17.7 Å². The van der Waals surface area contributed by atoms with Gasteiger partial charge in [-0.25, -0.2) is 20.1 Å². The molecule has 0 aliphatic heterocycles. The van der Waals surface area contributed by atoms with Crippen LogP contribution in [0.3, 0.4) is 0 Å². The van der Waals surface area contributed by atoms with Gasteiger partial charge in [0.15, 0.2) is 0 Å².